The third-order valence-electron chi connectivity index (χ3n) is 3.30. The van der Waals surface area contributed by atoms with Gasteiger partial charge in [-0.3, -0.25) is 0 Å². The van der Waals surface area contributed by atoms with Crippen LogP contribution in [0.5, 0.6) is 0 Å². The van der Waals surface area contributed by atoms with E-state index in [1.165, 1.54) is 12.8 Å². The number of hydrogen-bond acceptors (Lipinski definition) is 3. The van der Waals surface area contributed by atoms with Gasteiger partial charge in [0.25, 0.3) is 0 Å². The molecule has 0 bridgehead atoms. The Morgan fingerprint density at radius 1 is 1.28 bits per heavy atom. The molecule has 0 amide bonds. The first kappa shape index (κ1) is 12.9. The van der Waals surface area contributed by atoms with Gasteiger partial charge in [0.1, 0.15) is 0 Å². The third-order valence-corrected chi connectivity index (χ3v) is 3.30. The molecule has 0 aliphatic carbocycles. The lowest BCUT2D eigenvalue weighted by Gasteiger charge is -2.20. The Balaban J connectivity index is 2.08. The van der Waals surface area contributed by atoms with Crippen LogP contribution in [0.3, 0.4) is 0 Å². The summed E-state index contributed by atoms with van der Waals surface area (Å²) >= 11 is 0. The van der Waals surface area contributed by atoms with Crippen LogP contribution in [0.15, 0.2) is 24.3 Å². The van der Waals surface area contributed by atoms with Gasteiger partial charge in [0.2, 0.25) is 0 Å². The molecule has 0 unspecified atom stereocenters. The molecular weight excluding hydrogens is 226 g/mol. The van der Waals surface area contributed by atoms with Gasteiger partial charge >= 0.3 is 5.97 Å². The highest BCUT2D eigenvalue weighted by atomic mass is 16.5. The Morgan fingerprint density at radius 3 is 2.72 bits per heavy atom. The minimum absolute atomic E-state index is 0.189. The summed E-state index contributed by atoms with van der Waals surface area (Å²) in [4.78, 5) is 14.3. The van der Waals surface area contributed by atoms with E-state index in [1.54, 1.807) is 0 Å². The van der Waals surface area contributed by atoms with Crippen molar-refractivity contribution in [2.24, 2.45) is 0 Å². The molecule has 0 atom stereocenters. The highest BCUT2D eigenvalue weighted by Gasteiger charge is 2.19. The molecule has 1 aromatic carbocycles. The summed E-state index contributed by atoms with van der Waals surface area (Å²) in [5.41, 5.74) is 1.73. The smallest absolute Gasteiger partial charge is 0.340 e. The van der Waals surface area contributed by atoms with E-state index in [2.05, 4.69) is 11.8 Å². The molecule has 1 fully saturated rings. The Kier molecular flexibility index (Phi) is 4.62. The fourth-order valence-corrected chi connectivity index (χ4v) is 2.27. The predicted molar refractivity (Wildman–Crippen MR) is 73.1 cm³/mol. The van der Waals surface area contributed by atoms with E-state index >= 15 is 0 Å². The first-order valence-electron chi connectivity index (χ1n) is 6.84. The average molecular weight is 247 g/mol. The molecule has 1 heterocycles. The lowest BCUT2D eigenvalue weighted by Crippen LogP contribution is -2.21. The second kappa shape index (κ2) is 6.43. The molecule has 3 heteroatoms. The zero-order chi connectivity index (χ0) is 12.8. The van der Waals surface area contributed by atoms with Crippen LogP contribution in [-0.2, 0) is 4.74 Å². The molecule has 0 spiro atoms. The Bertz CT molecular complexity index is 397. The summed E-state index contributed by atoms with van der Waals surface area (Å²) in [6, 6.07) is 7.76. The van der Waals surface area contributed by atoms with Crippen molar-refractivity contribution in [1.82, 2.24) is 0 Å². The number of esters is 1. The van der Waals surface area contributed by atoms with Gasteiger partial charge in [-0.1, -0.05) is 25.5 Å². The maximum Gasteiger partial charge on any atom is 0.340 e. The van der Waals surface area contributed by atoms with Crippen LogP contribution < -0.4 is 4.90 Å². The Morgan fingerprint density at radius 2 is 2.00 bits per heavy atom. The summed E-state index contributed by atoms with van der Waals surface area (Å²) in [6.07, 6.45) is 4.39. The van der Waals surface area contributed by atoms with Crippen molar-refractivity contribution in [3.05, 3.63) is 29.8 Å². The standard InChI is InChI=1S/C15H21NO2/c1-2-3-12-18-15(17)13-8-4-5-9-14(13)16-10-6-7-11-16/h4-5,8-9H,2-3,6-7,10-12H2,1H3. The van der Waals surface area contributed by atoms with Gasteiger partial charge < -0.3 is 9.64 Å². The van der Waals surface area contributed by atoms with Crippen LogP contribution in [0.2, 0.25) is 0 Å². The van der Waals surface area contributed by atoms with Crippen LogP contribution in [0, 0.1) is 0 Å². The minimum atomic E-state index is -0.189. The molecule has 1 aliphatic heterocycles. The number of anilines is 1. The normalized spacial score (nSPS) is 14.8. The fourth-order valence-electron chi connectivity index (χ4n) is 2.27. The van der Waals surface area contributed by atoms with Gasteiger partial charge in [-0.15, -0.1) is 0 Å². The topological polar surface area (TPSA) is 29.5 Å². The molecule has 98 valence electrons. The van der Waals surface area contributed by atoms with Crippen molar-refractivity contribution < 1.29 is 9.53 Å². The lowest BCUT2D eigenvalue weighted by molar-refractivity contribution is 0.0500. The largest absolute Gasteiger partial charge is 0.462 e. The number of carbonyl (C=O) groups is 1. The first-order chi connectivity index (χ1) is 8.83. The van der Waals surface area contributed by atoms with Gasteiger partial charge in [-0.2, -0.15) is 0 Å². The lowest BCUT2D eigenvalue weighted by atomic mass is 10.1. The molecule has 3 nitrogen and oxygen atoms in total. The molecule has 0 radical (unpaired) electrons. The van der Waals surface area contributed by atoms with Crippen LogP contribution >= 0.6 is 0 Å². The Hall–Kier alpha value is -1.51. The average Bonchev–Trinajstić information content (AvgIpc) is 2.93. The van der Waals surface area contributed by atoms with Gasteiger partial charge in [0.05, 0.1) is 17.9 Å². The van der Waals surface area contributed by atoms with Gasteiger partial charge in [-0.05, 0) is 31.4 Å². The molecule has 1 aliphatic rings. The van der Waals surface area contributed by atoms with Crippen molar-refractivity contribution in [3.8, 4) is 0 Å². The van der Waals surface area contributed by atoms with Crippen molar-refractivity contribution in [2.75, 3.05) is 24.6 Å². The zero-order valence-corrected chi connectivity index (χ0v) is 11.0. The second-order valence-electron chi connectivity index (χ2n) is 4.70. The number of para-hydroxylation sites is 1. The molecule has 1 aromatic rings. The van der Waals surface area contributed by atoms with Crippen molar-refractivity contribution in [1.29, 1.82) is 0 Å². The number of hydrogen-bond donors (Lipinski definition) is 0. The van der Waals surface area contributed by atoms with E-state index in [9.17, 15) is 4.79 Å². The van der Waals surface area contributed by atoms with E-state index in [-0.39, 0.29) is 5.97 Å². The van der Waals surface area contributed by atoms with Crippen molar-refractivity contribution >= 4 is 11.7 Å². The molecule has 18 heavy (non-hydrogen) atoms. The van der Waals surface area contributed by atoms with E-state index in [4.69, 9.17) is 4.74 Å². The van der Waals surface area contributed by atoms with Gasteiger partial charge in [0.15, 0.2) is 0 Å². The maximum atomic E-state index is 12.0. The third kappa shape index (κ3) is 3.03. The van der Waals surface area contributed by atoms with E-state index in [0.717, 1.165) is 31.6 Å². The minimum Gasteiger partial charge on any atom is -0.462 e. The SMILES string of the molecule is CCCCOC(=O)c1ccccc1N1CCCC1. The second-order valence-corrected chi connectivity index (χ2v) is 4.70. The van der Waals surface area contributed by atoms with Gasteiger partial charge in [0, 0.05) is 13.1 Å². The number of rotatable bonds is 5. The van der Waals surface area contributed by atoms with Crippen LogP contribution in [0.4, 0.5) is 5.69 Å². The summed E-state index contributed by atoms with van der Waals surface area (Å²) < 4.78 is 5.30. The monoisotopic (exact) mass is 247 g/mol. The molecule has 0 aromatic heterocycles. The highest BCUT2D eigenvalue weighted by Crippen LogP contribution is 2.25. The number of ether oxygens (including phenoxy) is 1. The number of nitrogens with zero attached hydrogens (tertiary/aromatic N) is 1. The Labute approximate surface area is 109 Å². The molecule has 0 saturated carbocycles. The molecular formula is C15H21NO2. The highest BCUT2D eigenvalue weighted by molar-refractivity contribution is 5.95. The van der Waals surface area contributed by atoms with Crippen LogP contribution in [-0.4, -0.2) is 25.7 Å². The number of unbranched alkanes of at least 4 members (excludes halogenated alkanes) is 1. The number of carbonyl (C=O) groups excluding carboxylic acids is 1. The zero-order valence-electron chi connectivity index (χ0n) is 11.0. The van der Waals surface area contributed by atoms with E-state index in [1.807, 2.05) is 24.3 Å². The van der Waals surface area contributed by atoms with Gasteiger partial charge in [-0.25, -0.2) is 4.79 Å². The summed E-state index contributed by atoms with van der Waals surface area (Å²) in [6.45, 7) is 4.69. The quantitative estimate of drug-likeness (QED) is 0.591. The van der Waals surface area contributed by atoms with E-state index in [0.29, 0.717) is 12.2 Å². The maximum absolute atomic E-state index is 12.0. The van der Waals surface area contributed by atoms with Crippen molar-refractivity contribution in [2.45, 2.75) is 32.6 Å². The molecule has 2 rings (SSSR count). The van der Waals surface area contributed by atoms with E-state index < -0.39 is 0 Å². The van der Waals surface area contributed by atoms with Crippen LogP contribution in [0.25, 0.3) is 0 Å². The summed E-state index contributed by atoms with van der Waals surface area (Å²) in [5.74, 6) is -0.189. The summed E-state index contributed by atoms with van der Waals surface area (Å²) in [7, 11) is 0. The molecule has 0 N–H and O–H groups in total. The molecule has 1 saturated heterocycles. The van der Waals surface area contributed by atoms with Crippen molar-refractivity contribution in [3.63, 3.8) is 0 Å². The first-order valence-corrected chi connectivity index (χ1v) is 6.84. The van der Waals surface area contributed by atoms with Crippen LogP contribution in [0.1, 0.15) is 43.0 Å². The number of benzene rings is 1. The predicted octanol–water partition coefficient (Wildman–Crippen LogP) is 3.24. The summed E-state index contributed by atoms with van der Waals surface area (Å²) in [5, 5.41) is 0. The fraction of sp³-hybridized carbons (Fsp3) is 0.533.